The van der Waals surface area contributed by atoms with E-state index < -0.39 is 0 Å². The molecule has 0 bridgehead atoms. The van der Waals surface area contributed by atoms with E-state index in [1.54, 1.807) is 0 Å². The minimum Gasteiger partial charge on any atom is -0.285 e. The third-order valence-corrected chi connectivity index (χ3v) is 3.55. The minimum atomic E-state index is 0.748. The van der Waals surface area contributed by atoms with Gasteiger partial charge in [-0.2, -0.15) is 0 Å². The largest absolute Gasteiger partial charge is 0.285 e. The van der Waals surface area contributed by atoms with Crippen LogP contribution >= 0.6 is 22.6 Å². The summed E-state index contributed by atoms with van der Waals surface area (Å²) in [5.41, 5.74) is 3.57. The van der Waals surface area contributed by atoms with Crippen LogP contribution in [-0.2, 0) is 6.54 Å². The van der Waals surface area contributed by atoms with Crippen molar-refractivity contribution in [2.24, 2.45) is 4.99 Å². The number of nitrogens with zero attached hydrogens (tertiary/aromatic N) is 1. The molecule has 2 heteroatoms. The number of aliphatic imine (C=N–C) groups is 1. The van der Waals surface area contributed by atoms with Crippen molar-refractivity contribution in [2.75, 3.05) is 0 Å². The van der Waals surface area contributed by atoms with Gasteiger partial charge >= 0.3 is 0 Å². The Morgan fingerprint density at radius 2 is 1.65 bits per heavy atom. The van der Waals surface area contributed by atoms with Gasteiger partial charge in [-0.3, -0.25) is 4.99 Å². The quantitative estimate of drug-likeness (QED) is 0.586. The van der Waals surface area contributed by atoms with Crippen LogP contribution in [0.4, 0.5) is 0 Å². The average molecular weight is 335 g/mol. The van der Waals surface area contributed by atoms with Gasteiger partial charge < -0.3 is 0 Å². The topological polar surface area (TPSA) is 12.4 Å². The number of rotatable bonds is 3. The molecule has 0 aliphatic carbocycles. The molecule has 0 saturated heterocycles. The summed E-state index contributed by atoms with van der Waals surface area (Å²) < 4.78 is 1.25. The number of benzene rings is 2. The fourth-order valence-corrected chi connectivity index (χ4v) is 2.41. The molecule has 0 aromatic heterocycles. The maximum Gasteiger partial charge on any atom is 0.0643 e. The Bertz CT molecular complexity index is 517. The maximum absolute atomic E-state index is 4.64. The van der Waals surface area contributed by atoms with Gasteiger partial charge in [0.25, 0.3) is 0 Å². The van der Waals surface area contributed by atoms with Crippen molar-refractivity contribution in [3.8, 4) is 0 Å². The molecule has 0 saturated carbocycles. The van der Waals surface area contributed by atoms with Gasteiger partial charge in [-0.1, -0.05) is 48.5 Å². The van der Waals surface area contributed by atoms with E-state index in [4.69, 9.17) is 0 Å². The maximum atomic E-state index is 4.64. The van der Waals surface area contributed by atoms with Gasteiger partial charge in [-0.25, -0.2) is 0 Å². The van der Waals surface area contributed by atoms with Gasteiger partial charge in [-0.15, -0.1) is 0 Å². The zero-order chi connectivity index (χ0) is 12.1. The summed E-state index contributed by atoms with van der Waals surface area (Å²) in [5.74, 6) is 0. The monoisotopic (exact) mass is 335 g/mol. The Balaban J connectivity index is 2.16. The molecule has 0 amide bonds. The summed E-state index contributed by atoms with van der Waals surface area (Å²) in [6.07, 6.45) is 0. The highest BCUT2D eigenvalue weighted by Crippen LogP contribution is 2.13. The standard InChI is InChI=1S/C15H14IN/c1-12(14-9-5-6-10-15(14)16)17-11-13-7-3-2-4-8-13/h2-10H,11H2,1H3. The first-order valence-electron chi connectivity index (χ1n) is 5.57. The fraction of sp³-hybridized carbons (Fsp3) is 0.133. The summed E-state index contributed by atoms with van der Waals surface area (Å²) in [7, 11) is 0. The second kappa shape index (κ2) is 5.96. The normalized spacial score (nSPS) is 11.5. The van der Waals surface area contributed by atoms with Crippen LogP contribution in [0, 0.1) is 3.57 Å². The van der Waals surface area contributed by atoms with Crippen molar-refractivity contribution < 1.29 is 0 Å². The van der Waals surface area contributed by atoms with E-state index >= 15 is 0 Å². The highest BCUT2D eigenvalue weighted by molar-refractivity contribution is 14.1. The molecule has 0 aliphatic rings. The summed E-state index contributed by atoms with van der Waals surface area (Å²) in [4.78, 5) is 4.64. The van der Waals surface area contributed by atoms with Gasteiger partial charge in [0.15, 0.2) is 0 Å². The number of halogens is 1. The van der Waals surface area contributed by atoms with Gasteiger partial charge in [0.2, 0.25) is 0 Å². The molecule has 0 aliphatic heterocycles. The SMILES string of the molecule is CC(=NCc1ccccc1)c1ccccc1I. The van der Waals surface area contributed by atoms with Gasteiger partial charge in [-0.05, 0) is 41.1 Å². The molecular weight excluding hydrogens is 321 g/mol. The summed E-state index contributed by atoms with van der Waals surface area (Å²) in [5, 5.41) is 0. The van der Waals surface area contributed by atoms with Crippen molar-refractivity contribution >= 4 is 28.3 Å². The predicted octanol–water partition coefficient (Wildman–Crippen LogP) is 4.30. The lowest BCUT2D eigenvalue weighted by molar-refractivity contribution is 1.06. The van der Waals surface area contributed by atoms with Crippen LogP contribution in [0.5, 0.6) is 0 Å². The first-order chi connectivity index (χ1) is 8.27. The first kappa shape index (κ1) is 12.3. The summed E-state index contributed by atoms with van der Waals surface area (Å²) >= 11 is 2.35. The van der Waals surface area contributed by atoms with Crippen molar-refractivity contribution in [3.05, 3.63) is 69.3 Å². The molecule has 0 fully saturated rings. The Kier molecular flexibility index (Phi) is 4.31. The number of hydrogen-bond acceptors (Lipinski definition) is 1. The first-order valence-corrected chi connectivity index (χ1v) is 6.65. The van der Waals surface area contributed by atoms with Crippen LogP contribution < -0.4 is 0 Å². The van der Waals surface area contributed by atoms with E-state index in [9.17, 15) is 0 Å². The summed E-state index contributed by atoms with van der Waals surface area (Å²) in [6, 6.07) is 18.7. The zero-order valence-electron chi connectivity index (χ0n) is 9.73. The van der Waals surface area contributed by atoms with Gasteiger partial charge in [0.05, 0.1) is 6.54 Å². The van der Waals surface area contributed by atoms with Crippen LogP contribution in [0.3, 0.4) is 0 Å². The van der Waals surface area contributed by atoms with E-state index in [-0.39, 0.29) is 0 Å². The smallest absolute Gasteiger partial charge is 0.0643 e. The van der Waals surface area contributed by atoms with E-state index in [0.29, 0.717) is 0 Å². The van der Waals surface area contributed by atoms with Crippen molar-refractivity contribution in [2.45, 2.75) is 13.5 Å². The molecule has 0 radical (unpaired) electrons. The van der Waals surface area contributed by atoms with Crippen molar-refractivity contribution in [3.63, 3.8) is 0 Å². The molecule has 0 unspecified atom stereocenters. The van der Waals surface area contributed by atoms with Crippen LogP contribution in [0.1, 0.15) is 18.1 Å². The Morgan fingerprint density at radius 3 is 2.35 bits per heavy atom. The van der Waals surface area contributed by atoms with Crippen LogP contribution in [-0.4, -0.2) is 5.71 Å². The number of hydrogen-bond donors (Lipinski definition) is 0. The van der Waals surface area contributed by atoms with E-state index in [1.165, 1.54) is 14.7 Å². The molecule has 86 valence electrons. The zero-order valence-corrected chi connectivity index (χ0v) is 11.9. The lowest BCUT2D eigenvalue weighted by atomic mass is 10.1. The Morgan fingerprint density at radius 1 is 1.00 bits per heavy atom. The molecule has 0 spiro atoms. The average Bonchev–Trinajstić information content (AvgIpc) is 2.38. The lowest BCUT2D eigenvalue weighted by Crippen LogP contribution is -1.98. The van der Waals surface area contributed by atoms with E-state index in [1.807, 2.05) is 18.2 Å². The molecule has 2 rings (SSSR count). The Labute approximate surface area is 116 Å². The third-order valence-electron chi connectivity index (χ3n) is 2.61. The molecule has 17 heavy (non-hydrogen) atoms. The van der Waals surface area contributed by atoms with Gasteiger partial charge in [0.1, 0.15) is 0 Å². The summed E-state index contributed by atoms with van der Waals surface area (Å²) in [6.45, 7) is 2.82. The molecule has 1 nitrogen and oxygen atoms in total. The van der Waals surface area contributed by atoms with Gasteiger partial charge in [0, 0.05) is 14.8 Å². The second-order valence-corrected chi connectivity index (χ2v) is 5.03. The fourth-order valence-electron chi connectivity index (χ4n) is 1.63. The van der Waals surface area contributed by atoms with Crippen LogP contribution in [0.15, 0.2) is 59.6 Å². The molecular formula is C15H14IN. The predicted molar refractivity (Wildman–Crippen MR) is 81.5 cm³/mol. The van der Waals surface area contributed by atoms with Crippen LogP contribution in [0.25, 0.3) is 0 Å². The second-order valence-electron chi connectivity index (χ2n) is 3.87. The van der Waals surface area contributed by atoms with Crippen molar-refractivity contribution in [1.29, 1.82) is 0 Å². The lowest BCUT2D eigenvalue weighted by Gasteiger charge is -2.04. The third kappa shape index (κ3) is 3.40. The molecule has 2 aromatic rings. The molecule has 0 N–H and O–H groups in total. The highest BCUT2D eigenvalue weighted by Gasteiger charge is 2.01. The molecule has 2 aromatic carbocycles. The highest BCUT2D eigenvalue weighted by atomic mass is 127. The van der Waals surface area contributed by atoms with E-state index in [0.717, 1.165) is 12.3 Å². The minimum absolute atomic E-state index is 0.748. The van der Waals surface area contributed by atoms with E-state index in [2.05, 4.69) is 70.9 Å². The Hall–Kier alpha value is -1.16. The van der Waals surface area contributed by atoms with Crippen molar-refractivity contribution in [1.82, 2.24) is 0 Å². The van der Waals surface area contributed by atoms with Crippen LogP contribution in [0.2, 0.25) is 0 Å². The molecule has 0 heterocycles. The molecule has 0 atom stereocenters.